The van der Waals surface area contributed by atoms with E-state index in [2.05, 4.69) is 24.4 Å². The van der Waals surface area contributed by atoms with E-state index in [9.17, 15) is 5.11 Å². The molecule has 18 heavy (non-hydrogen) atoms. The topological polar surface area (TPSA) is 32.3 Å². The van der Waals surface area contributed by atoms with E-state index >= 15 is 0 Å². The molecule has 0 amide bonds. The van der Waals surface area contributed by atoms with Gasteiger partial charge in [0.15, 0.2) is 0 Å². The molecule has 0 fully saturated rings. The van der Waals surface area contributed by atoms with Crippen LogP contribution in [0.3, 0.4) is 0 Å². The van der Waals surface area contributed by atoms with Crippen LogP contribution in [0.15, 0.2) is 48.5 Å². The molecule has 0 aliphatic carbocycles. The van der Waals surface area contributed by atoms with Crippen LogP contribution in [-0.2, 0) is 0 Å². The largest absolute Gasteiger partial charge is 0.387 e. The minimum atomic E-state index is -0.481. The summed E-state index contributed by atoms with van der Waals surface area (Å²) in [6, 6.07) is 16.1. The van der Waals surface area contributed by atoms with Crippen LogP contribution in [0.4, 0.5) is 5.69 Å². The first-order valence-electron chi connectivity index (χ1n) is 6.20. The zero-order valence-corrected chi connectivity index (χ0v) is 10.9. The van der Waals surface area contributed by atoms with Gasteiger partial charge in [0.2, 0.25) is 0 Å². The van der Waals surface area contributed by atoms with Crippen molar-refractivity contribution < 1.29 is 5.11 Å². The van der Waals surface area contributed by atoms with Crippen LogP contribution in [0.2, 0.25) is 0 Å². The summed E-state index contributed by atoms with van der Waals surface area (Å²) in [5.41, 5.74) is 4.38. The zero-order valence-electron chi connectivity index (χ0n) is 10.9. The van der Waals surface area contributed by atoms with Gasteiger partial charge in [0, 0.05) is 12.2 Å². The van der Waals surface area contributed by atoms with Gasteiger partial charge >= 0.3 is 0 Å². The Morgan fingerprint density at radius 2 is 1.67 bits per heavy atom. The van der Waals surface area contributed by atoms with E-state index in [4.69, 9.17) is 0 Å². The average molecular weight is 241 g/mol. The highest BCUT2D eigenvalue weighted by molar-refractivity contribution is 5.45. The van der Waals surface area contributed by atoms with Crippen molar-refractivity contribution in [2.24, 2.45) is 0 Å². The number of aryl methyl sites for hydroxylation is 2. The van der Waals surface area contributed by atoms with Gasteiger partial charge < -0.3 is 10.4 Å². The number of aliphatic hydroxyl groups excluding tert-OH is 1. The fraction of sp³-hybridized carbons (Fsp3) is 0.250. The molecule has 0 aliphatic heterocycles. The second-order valence-corrected chi connectivity index (χ2v) is 4.68. The molecular weight excluding hydrogens is 222 g/mol. The third-order valence-electron chi connectivity index (χ3n) is 2.94. The lowest BCUT2D eigenvalue weighted by atomic mass is 10.1. The summed E-state index contributed by atoms with van der Waals surface area (Å²) in [5.74, 6) is 0. The van der Waals surface area contributed by atoms with Gasteiger partial charge in [-0.2, -0.15) is 0 Å². The standard InChI is InChI=1S/C16H19NO/c1-12-5-3-7-14(9-12)16(18)11-17-15-8-4-6-13(2)10-15/h3-10,16-18H,11H2,1-2H3. The molecule has 0 radical (unpaired) electrons. The second-order valence-electron chi connectivity index (χ2n) is 4.68. The molecule has 2 aromatic carbocycles. The Hall–Kier alpha value is -1.80. The molecule has 0 aromatic heterocycles. The molecule has 2 rings (SSSR count). The zero-order chi connectivity index (χ0) is 13.0. The monoisotopic (exact) mass is 241 g/mol. The van der Waals surface area contributed by atoms with Crippen molar-refractivity contribution >= 4 is 5.69 Å². The first-order chi connectivity index (χ1) is 8.65. The van der Waals surface area contributed by atoms with Gasteiger partial charge in [-0.1, -0.05) is 42.0 Å². The number of nitrogens with one attached hydrogen (secondary N) is 1. The average Bonchev–Trinajstić information content (AvgIpc) is 2.36. The Balaban J connectivity index is 1.98. The number of rotatable bonds is 4. The highest BCUT2D eigenvalue weighted by Gasteiger charge is 2.06. The maximum absolute atomic E-state index is 10.1. The minimum absolute atomic E-state index is 0.481. The Bertz CT molecular complexity index is 522. The Morgan fingerprint density at radius 3 is 2.33 bits per heavy atom. The highest BCUT2D eigenvalue weighted by Crippen LogP contribution is 2.16. The number of hydrogen-bond donors (Lipinski definition) is 2. The fourth-order valence-corrected chi connectivity index (χ4v) is 1.96. The number of benzene rings is 2. The molecule has 1 unspecified atom stereocenters. The molecule has 0 spiro atoms. The predicted octanol–water partition coefficient (Wildman–Crippen LogP) is 3.45. The van der Waals surface area contributed by atoms with Crippen molar-refractivity contribution in [1.29, 1.82) is 0 Å². The minimum Gasteiger partial charge on any atom is -0.387 e. The first kappa shape index (κ1) is 12.7. The number of aliphatic hydroxyl groups is 1. The van der Waals surface area contributed by atoms with E-state index in [-0.39, 0.29) is 0 Å². The predicted molar refractivity (Wildman–Crippen MR) is 75.8 cm³/mol. The SMILES string of the molecule is Cc1cccc(NCC(O)c2cccc(C)c2)c1. The maximum Gasteiger partial charge on any atom is 0.0962 e. The van der Waals surface area contributed by atoms with Crippen molar-refractivity contribution in [1.82, 2.24) is 0 Å². The summed E-state index contributed by atoms with van der Waals surface area (Å²) in [5, 5.41) is 13.4. The van der Waals surface area contributed by atoms with Gasteiger partial charge in [0.05, 0.1) is 6.10 Å². The van der Waals surface area contributed by atoms with E-state index < -0.39 is 6.10 Å². The van der Waals surface area contributed by atoms with Crippen LogP contribution >= 0.6 is 0 Å². The van der Waals surface area contributed by atoms with E-state index in [1.807, 2.05) is 43.3 Å². The van der Waals surface area contributed by atoms with Gasteiger partial charge in [-0.3, -0.25) is 0 Å². The van der Waals surface area contributed by atoms with Gasteiger partial charge in [-0.25, -0.2) is 0 Å². The Kier molecular flexibility index (Phi) is 4.00. The van der Waals surface area contributed by atoms with Gasteiger partial charge in [0.25, 0.3) is 0 Å². The number of hydrogen-bond acceptors (Lipinski definition) is 2. The van der Waals surface area contributed by atoms with Crippen LogP contribution in [0, 0.1) is 13.8 Å². The number of anilines is 1. The van der Waals surface area contributed by atoms with Crippen LogP contribution in [0.1, 0.15) is 22.8 Å². The van der Waals surface area contributed by atoms with Crippen molar-refractivity contribution in [2.75, 3.05) is 11.9 Å². The van der Waals surface area contributed by atoms with Gasteiger partial charge in [-0.05, 0) is 37.1 Å². The normalized spacial score (nSPS) is 12.2. The van der Waals surface area contributed by atoms with Crippen molar-refractivity contribution in [3.05, 3.63) is 65.2 Å². The summed E-state index contributed by atoms with van der Waals surface area (Å²) >= 11 is 0. The lowest BCUT2D eigenvalue weighted by molar-refractivity contribution is 0.191. The van der Waals surface area contributed by atoms with Gasteiger partial charge in [0.1, 0.15) is 0 Å². The molecule has 2 heteroatoms. The second kappa shape index (κ2) is 5.69. The lowest BCUT2D eigenvalue weighted by Gasteiger charge is -2.14. The quantitative estimate of drug-likeness (QED) is 0.859. The third-order valence-corrected chi connectivity index (χ3v) is 2.94. The van der Waals surface area contributed by atoms with Crippen LogP contribution in [0.5, 0.6) is 0 Å². The molecule has 0 saturated carbocycles. The maximum atomic E-state index is 10.1. The molecule has 0 aliphatic rings. The molecular formula is C16H19NO. The van der Waals surface area contributed by atoms with Crippen molar-refractivity contribution in [2.45, 2.75) is 20.0 Å². The summed E-state index contributed by atoms with van der Waals surface area (Å²) in [6.07, 6.45) is -0.481. The van der Waals surface area contributed by atoms with E-state index in [0.29, 0.717) is 6.54 Å². The van der Waals surface area contributed by atoms with E-state index in [0.717, 1.165) is 11.3 Å². The fourth-order valence-electron chi connectivity index (χ4n) is 1.96. The Morgan fingerprint density at radius 1 is 1.00 bits per heavy atom. The summed E-state index contributed by atoms with van der Waals surface area (Å²) < 4.78 is 0. The van der Waals surface area contributed by atoms with Crippen LogP contribution in [0.25, 0.3) is 0 Å². The Labute approximate surface area is 108 Å². The summed E-state index contributed by atoms with van der Waals surface area (Å²) in [4.78, 5) is 0. The molecule has 2 nitrogen and oxygen atoms in total. The van der Waals surface area contributed by atoms with Crippen molar-refractivity contribution in [3.63, 3.8) is 0 Å². The molecule has 94 valence electrons. The summed E-state index contributed by atoms with van der Waals surface area (Å²) in [7, 11) is 0. The van der Waals surface area contributed by atoms with Crippen molar-refractivity contribution in [3.8, 4) is 0 Å². The molecule has 0 heterocycles. The van der Waals surface area contributed by atoms with E-state index in [1.54, 1.807) is 0 Å². The first-order valence-corrected chi connectivity index (χ1v) is 6.20. The third kappa shape index (κ3) is 3.34. The lowest BCUT2D eigenvalue weighted by Crippen LogP contribution is -2.12. The summed E-state index contributed by atoms with van der Waals surface area (Å²) in [6.45, 7) is 4.61. The molecule has 2 aromatic rings. The van der Waals surface area contributed by atoms with Crippen LogP contribution in [-0.4, -0.2) is 11.7 Å². The smallest absolute Gasteiger partial charge is 0.0962 e. The molecule has 1 atom stereocenters. The van der Waals surface area contributed by atoms with E-state index in [1.165, 1.54) is 11.1 Å². The van der Waals surface area contributed by atoms with Crippen LogP contribution < -0.4 is 5.32 Å². The highest BCUT2D eigenvalue weighted by atomic mass is 16.3. The van der Waals surface area contributed by atoms with Gasteiger partial charge in [-0.15, -0.1) is 0 Å². The molecule has 0 bridgehead atoms. The molecule has 2 N–H and O–H groups in total. The molecule has 0 saturated heterocycles.